The van der Waals surface area contributed by atoms with Crippen molar-refractivity contribution in [2.24, 2.45) is 0 Å². The first-order chi connectivity index (χ1) is 14.6. The van der Waals surface area contributed by atoms with Gasteiger partial charge in [-0.3, -0.25) is 9.59 Å². The van der Waals surface area contributed by atoms with Crippen LogP contribution in [0.4, 0.5) is 0 Å². The molecule has 2 aromatic carbocycles. The Kier molecular flexibility index (Phi) is 7.85. The first-order valence-corrected chi connectivity index (χ1v) is 10.5. The van der Waals surface area contributed by atoms with E-state index in [1.165, 1.54) is 0 Å². The van der Waals surface area contributed by atoms with Crippen LogP contribution in [0.3, 0.4) is 0 Å². The molecule has 0 saturated carbocycles. The maximum absolute atomic E-state index is 13.3. The van der Waals surface area contributed by atoms with Crippen LogP contribution in [0.15, 0.2) is 54.6 Å². The number of hydrogen-bond donors (Lipinski definition) is 1. The molecule has 2 amide bonds. The first kappa shape index (κ1) is 21.8. The highest BCUT2D eigenvalue weighted by atomic mass is 16.5. The van der Waals surface area contributed by atoms with E-state index in [0.29, 0.717) is 19.5 Å². The molecule has 1 fully saturated rings. The second-order valence-electron chi connectivity index (χ2n) is 7.42. The number of ether oxygens (including phenoxy) is 2. The third-order valence-corrected chi connectivity index (χ3v) is 5.34. The predicted molar refractivity (Wildman–Crippen MR) is 115 cm³/mol. The maximum Gasteiger partial charge on any atom is 0.247 e. The van der Waals surface area contributed by atoms with Gasteiger partial charge in [0, 0.05) is 26.1 Å². The Balaban J connectivity index is 1.85. The summed E-state index contributed by atoms with van der Waals surface area (Å²) in [5, 5.41) is 3.01. The Morgan fingerprint density at radius 2 is 1.90 bits per heavy atom. The van der Waals surface area contributed by atoms with Gasteiger partial charge >= 0.3 is 0 Å². The zero-order valence-electron chi connectivity index (χ0n) is 17.7. The maximum atomic E-state index is 13.3. The average Bonchev–Trinajstić information content (AvgIpc) is 3.31. The molecule has 30 heavy (non-hydrogen) atoms. The van der Waals surface area contributed by atoms with Crippen LogP contribution in [0.2, 0.25) is 0 Å². The molecular formula is C24H30N2O4. The number of methoxy groups -OCH3 is 1. The lowest BCUT2D eigenvalue weighted by atomic mass is 10.0. The highest BCUT2D eigenvalue weighted by Crippen LogP contribution is 2.25. The highest BCUT2D eigenvalue weighted by molar-refractivity contribution is 5.88. The van der Waals surface area contributed by atoms with Gasteiger partial charge in [-0.2, -0.15) is 0 Å². The predicted octanol–water partition coefficient (Wildman–Crippen LogP) is 3.47. The monoisotopic (exact) mass is 410 g/mol. The fourth-order valence-electron chi connectivity index (χ4n) is 3.68. The van der Waals surface area contributed by atoms with Crippen molar-refractivity contribution >= 4 is 11.8 Å². The van der Waals surface area contributed by atoms with Crippen molar-refractivity contribution in [2.45, 2.75) is 44.9 Å². The molecule has 1 heterocycles. The van der Waals surface area contributed by atoms with Crippen molar-refractivity contribution < 1.29 is 19.1 Å². The summed E-state index contributed by atoms with van der Waals surface area (Å²) in [5.74, 6) is 0.486. The van der Waals surface area contributed by atoms with E-state index in [-0.39, 0.29) is 17.9 Å². The standard InChI is InChI=1S/C24H30N2O4/c1-3-22(27)26(17-18-11-13-20(29-2)14-12-18)23(19-8-5-4-6-9-19)24(28)25-16-21-10-7-15-30-21/h4-6,8-9,11-14,21,23H,3,7,10,15-17H2,1-2H3,(H,25,28)/t21-,23+/m1/s1. The van der Waals surface area contributed by atoms with Gasteiger partial charge in [-0.25, -0.2) is 0 Å². The second kappa shape index (κ2) is 10.8. The molecule has 3 rings (SSSR count). The van der Waals surface area contributed by atoms with E-state index < -0.39 is 6.04 Å². The van der Waals surface area contributed by atoms with E-state index in [0.717, 1.165) is 36.3 Å². The number of nitrogens with zero attached hydrogens (tertiary/aromatic N) is 1. The van der Waals surface area contributed by atoms with Crippen LogP contribution in [0, 0.1) is 0 Å². The molecule has 0 aliphatic carbocycles. The first-order valence-electron chi connectivity index (χ1n) is 10.5. The van der Waals surface area contributed by atoms with Crippen molar-refractivity contribution in [1.29, 1.82) is 0 Å². The van der Waals surface area contributed by atoms with Gasteiger partial charge in [-0.1, -0.05) is 49.4 Å². The molecule has 1 aliphatic heterocycles. The molecular weight excluding hydrogens is 380 g/mol. The Morgan fingerprint density at radius 3 is 2.50 bits per heavy atom. The number of benzene rings is 2. The van der Waals surface area contributed by atoms with Crippen molar-refractivity contribution in [1.82, 2.24) is 10.2 Å². The number of rotatable bonds is 9. The fourth-order valence-corrected chi connectivity index (χ4v) is 3.68. The number of hydrogen-bond acceptors (Lipinski definition) is 4. The van der Waals surface area contributed by atoms with Crippen LogP contribution < -0.4 is 10.1 Å². The fraction of sp³-hybridized carbons (Fsp3) is 0.417. The van der Waals surface area contributed by atoms with Gasteiger partial charge < -0.3 is 19.7 Å². The van der Waals surface area contributed by atoms with Crippen LogP contribution in [0.1, 0.15) is 43.4 Å². The quantitative estimate of drug-likeness (QED) is 0.687. The second-order valence-corrected chi connectivity index (χ2v) is 7.42. The molecule has 0 unspecified atom stereocenters. The molecule has 2 atom stereocenters. The van der Waals surface area contributed by atoms with Gasteiger partial charge in [-0.05, 0) is 36.1 Å². The summed E-state index contributed by atoms with van der Waals surface area (Å²) < 4.78 is 10.9. The summed E-state index contributed by atoms with van der Waals surface area (Å²) in [6.07, 6.45) is 2.32. The van der Waals surface area contributed by atoms with Gasteiger partial charge in [0.2, 0.25) is 11.8 Å². The summed E-state index contributed by atoms with van der Waals surface area (Å²) in [6, 6.07) is 16.3. The van der Waals surface area contributed by atoms with Crippen molar-refractivity contribution in [3.8, 4) is 5.75 Å². The minimum Gasteiger partial charge on any atom is -0.497 e. The van der Waals surface area contributed by atoms with Crippen LogP contribution in [-0.2, 0) is 20.9 Å². The topological polar surface area (TPSA) is 67.9 Å². The summed E-state index contributed by atoms with van der Waals surface area (Å²) >= 11 is 0. The molecule has 1 N–H and O–H groups in total. The van der Waals surface area contributed by atoms with E-state index in [1.807, 2.05) is 61.5 Å². The summed E-state index contributed by atoms with van der Waals surface area (Å²) in [5.41, 5.74) is 1.73. The van der Waals surface area contributed by atoms with Crippen molar-refractivity contribution in [2.75, 3.05) is 20.3 Å². The molecule has 6 nitrogen and oxygen atoms in total. The Morgan fingerprint density at radius 1 is 1.17 bits per heavy atom. The summed E-state index contributed by atoms with van der Waals surface area (Å²) in [6.45, 7) is 3.35. The van der Waals surface area contributed by atoms with Crippen LogP contribution >= 0.6 is 0 Å². The SMILES string of the molecule is CCC(=O)N(Cc1ccc(OC)cc1)[C@H](C(=O)NC[C@H]1CCCO1)c1ccccc1. The van der Waals surface area contributed by atoms with Gasteiger partial charge in [0.15, 0.2) is 0 Å². The Labute approximate surface area is 178 Å². The largest absolute Gasteiger partial charge is 0.497 e. The molecule has 0 aromatic heterocycles. The number of amides is 2. The van der Waals surface area contributed by atoms with Gasteiger partial charge in [0.05, 0.1) is 13.2 Å². The van der Waals surface area contributed by atoms with E-state index in [9.17, 15) is 9.59 Å². The van der Waals surface area contributed by atoms with Gasteiger partial charge in [0.1, 0.15) is 11.8 Å². The summed E-state index contributed by atoms with van der Waals surface area (Å²) in [4.78, 5) is 27.8. The number of carbonyl (C=O) groups excluding carboxylic acids is 2. The van der Waals surface area contributed by atoms with Crippen LogP contribution in [-0.4, -0.2) is 43.1 Å². The van der Waals surface area contributed by atoms with Crippen molar-refractivity contribution in [3.63, 3.8) is 0 Å². The van der Waals surface area contributed by atoms with Gasteiger partial charge in [0.25, 0.3) is 0 Å². The zero-order valence-corrected chi connectivity index (χ0v) is 17.7. The number of nitrogens with one attached hydrogen (secondary N) is 1. The van der Waals surface area contributed by atoms with Gasteiger partial charge in [-0.15, -0.1) is 0 Å². The molecule has 1 saturated heterocycles. The lowest BCUT2D eigenvalue weighted by Crippen LogP contribution is -2.44. The van der Waals surface area contributed by atoms with Crippen molar-refractivity contribution in [3.05, 3.63) is 65.7 Å². The van der Waals surface area contributed by atoms with E-state index in [2.05, 4.69) is 5.32 Å². The average molecular weight is 411 g/mol. The third kappa shape index (κ3) is 5.60. The molecule has 0 bridgehead atoms. The minimum atomic E-state index is -0.706. The van der Waals surface area contributed by atoms with E-state index in [1.54, 1.807) is 12.0 Å². The minimum absolute atomic E-state index is 0.0438. The molecule has 2 aromatic rings. The Bertz CT molecular complexity index is 817. The van der Waals surface area contributed by atoms with E-state index in [4.69, 9.17) is 9.47 Å². The molecule has 6 heteroatoms. The van der Waals surface area contributed by atoms with Crippen LogP contribution in [0.5, 0.6) is 5.75 Å². The normalized spacial score (nSPS) is 16.7. The van der Waals surface area contributed by atoms with E-state index >= 15 is 0 Å². The Hall–Kier alpha value is -2.86. The lowest BCUT2D eigenvalue weighted by Gasteiger charge is -2.31. The molecule has 0 radical (unpaired) electrons. The summed E-state index contributed by atoms with van der Waals surface area (Å²) in [7, 11) is 1.62. The zero-order chi connectivity index (χ0) is 21.3. The smallest absolute Gasteiger partial charge is 0.247 e. The third-order valence-electron chi connectivity index (χ3n) is 5.34. The van der Waals surface area contributed by atoms with Crippen LogP contribution in [0.25, 0.3) is 0 Å². The molecule has 160 valence electrons. The lowest BCUT2D eigenvalue weighted by molar-refractivity contribution is -0.141. The highest BCUT2D eigenvalue weighted by Gasteiger charge is 2.31. The molecule has 0 spiro atoms. The molecule has 1 aliphatic rings. The number of carbonyl (C=O) groups is 2.